The summed E-state index contributed by atoms with van der Waals surface area (Å²) in [5, 5.41) is 8.40. The van der Waals surface area contributed by atoms with Crippen LogP contribution in [-0.2, 0) is 0 Å². The third kappa shape index (κ3) is 4.32. The van der Waals surface area contributed by atoms with E-state index in [1.807, 2.05) is 13.8 Å². The van der Waals surface area contributed by atoms with Crippen LogP contribution in [0.5, 0.6) is 0 Å². The maximum atomic E-state index is 10.2. The predicted molar refractivity (Wildman–Crippen MR) is 47.3 cm³/mol. The summed E-state index contributed by atoms with van der Waals surface area (Å²) in [6, 6.07) is -0.140. The number of carboxylic acid groups (broad SMARTS) is 1. The number of carbonyl (C=O) groups is 1. The first-order valence-electron chi connectivity index (χ1n) is 3.14. The highest BCUT2D eigenvalue weighted by Gasteiger charge is 2.19. The molecule has 0 spiro atoms. The van der Waals surface area contributed by atoms with E-state index < -0.39 is 6.09 Å². The van der Waals surface area contributed by atoms with Gasteiger partial charge in [0.15, 0.2) is 0 Å². The third-order valence-corrected chi connectivity index (χ3v) is 1.96. The highest BCUT2D eigenvalue weighted by molar-refractivity contribution is 6.20. The Balaban J connectivity index is 0. The van der Waals surface area contributed by atoms with Crippen LogP contribution in [0.1, 0.15) is 20.8 Å². The fourth-order valence-corrected chi connectivity index (χ4v) is 0.661. The van der Waals surface area contributed by atoms with Gasteiger partial charge in [-0.05, 0) is 12.8 Å². The topological polar surface area (TPSA) is 40.5 Å². The number of halogens is 2. The molecule has 1 atom stereocenters. The molecule has 0 aliphatic rings. The van der Waals surface area contributed by atoms with E-state index in [0.717, 1.165) is 4.42 Å². The molecule has 3 nitrogen and oxygen atoms in total. The summed E-state index contributed by atoms with van der Waals surface area (Å²) in [4.78, 5) is 10.2. The van der Waals surface area contributed by atoms with Gasteiger partial charge in [0.25, 0.3) is 0 Å². The molecular weight excluding hydrogens is 189 g/mol. The van der Waals surface area contributed by atoms with Gasteiger partial charge in [-0.3, -0.25) is 0 Å². The Kier molecular flexibility index (Phi) is 6.71. The van der Waals surface area contributed by atoms with E-state index in [-0.39, 0.29) is 24.4 Å². The number of hydrogen-bond acceptors (Lipinski definition) is 1. The summed E-state index contributed by atoms with van der Waals surface area (Å²) >= 11 is 5.39. The summed E-state index contributed by atoms with van der Waals surface area (Å²) in [5.74, 6) is 0.244. The Labute approximate surface area is 77.8 Å². The van der Waals surface area contributed by atoms with Crippen molar-refractivity contribution in [1.82, 2.24) is 4.42 Å². The van der Waals surface area contributed by atoms with Crippen molar-refractivity contribution in [2.24, 2.45) is 5.92 Å². The standard InChI is InChI=1S/C6H12ClNO2.ClH/c1-4(2)5(3)8(7)6(9)10;/h4-5H,1-3H3,(H,9,10);1H. The molecule has 0 aromatic rings. The Morgan fingerprint density at radius 1 is 1.45 bits per heavy atom. The van der Waals surface area contributed by atoms with Crippen LogP contribution in [0.25, 0.3) is 0 Å². The first kappa shape index (κ1) is 13.4. The molecular formula is C6H13Cl2NO2. The van der Waals surface area contributed by atoms with E-state index in [1.165, 1.54) is 0 Å². The molecule has 0 heterocycles. The van der Waals surface area contributed by atoms with Gasteiger partial charge >= 0.3 is 6.09 Å². The molecule has 0 aliphatic heterocycles. The highest BCUT2D eigenvalue weighted by Crippen LogP contribution is 2.11. The number of hydrogen-bond donors (Lipinski definition) is 1. The minimum absolute atomic E-state index is 0. The smallest absolute Gasteiger partial charge is 0.422 e. The fraction of sp³-hybridized carbons (Fsp3) is 0.833. The van der Waals surface area contributed by atoms with Gasteiger partial charge in [-0.25, -0.2) is 9.21 Å². The van der Waals surface area contributed by atoms with Gasteiger partial charge in [-0.1, -0.05) is 13.8 Å². The predicted octanol–water partition coefficient (Wildman–Crippen LogP) is 2.59. The molecule has 0 rings (SSSR count). The summed E-state index contributed by atoms with van der Waals surface area (Å²) in [6.07, 6.45) is -1.09. The molecule has 68 valence electrons. The fourth-order valence-electron chi connectivity index (χ4n) is 0.436. The lowest BCUT2D eigenvalue weighted by Crippen LogP contribution is -2.32. The van der Waals surface area contributed by atoms with E-state index >= 15 is 0 Å². The van der Waals surface area contributed by atoms with Crippen LogP contribution in [0, 0.1) is 5.92 Å². The molecule has 1 N–H and O–H groups in total. The molecule has 0 bridgehead atoms. The molecule has 0 aliphatic carbocycles. The van der Waals surface area contributed by atoms with Crippen LogP contribution in [0.15, 0.2) is 0 Å². The Morgan fingerprint density at radius 2 is 1.82 bits per heavy atom. The molecule has 0 fully saturated rings. The SMILES string of the molecule is CC(C)C(C)N(Cl)C(=O)O.Cl. The minimum atomic E-state index is -1.09. The van der Waals surface area contributed by atoms with Crippen molar-refractivity contribution in [2.75, 3.05) is 0 Å². The summed E-state index contributed by atoms with van der Waals surface area (Å²) in [6.45, 7) is 5.61. The monoisotopic (exact) mass is 201 g/mol. The first-order chi connectivity index (χ1) is 4.46. The van der Waals surface area contributed by atoms with Crippen LogP contribution < -0.4 is 0 Å². The number of nitrogens with zero attached hydrogens (tertiary/aromatic N) is 1. The van der Waals surface area contributed by atoms with E-state index in [4.69, 9.17) is 16.9 Å². The van der Waals surface area contributed by atoms with Gasteiger partial charge in [0.2, 0.25) is 0 Å². The number of rotatable bonds is 2. The Hall–Kier alpha value is -0.150. The maximum Gasteiger partial charge on any atom is 0.422 e. The van der Waals surface area contributed by atoms with Crippen molar-refractivity contribution in [3.63, 3.8) is 0 Å². The Bertz CT molecular complexity index is 130. The molecule has 0 aromatic carbocycles. The van der Waals surface area contributed by atoms with Crippen molar-refractivity contribution in [1.29, 1.82) is 0 Å². The van der Waals surface area contributed by atoms with Crippen LogP contribution in [0.3, 0.4) is 0 Å². The zero-order chi connectivity index (χ0) is 8.31. The lowest BCUT2D eigenvalue weighted by atomic mass is 10.1. The molecule has 0 aromatic heterocycles. The van der Waals surface area contributed by atoms with Crippen LogP contribution in [-0.4, -0.2) is 21.7 Å². The van der Waals surface area contributed by atoms with Crippen molar-refractivity contribution in [3.8, 4) is 0 Å². The molecule has 1 unspecified atom stereocenters. The van der Waals surface area contributed by atoms with Crippen molar-refractivity contribution in [3.05, 3.63) is 0 Å². The Morgan fingerprint density at radius 3 is 1.91 bits per heavy atom. The second kappa shape index (κ2) is 5.49. The maximum absolute atomic E-state index is 10.2. The van der Waals surface area contributed by atoms with Gasteiger partial charge in [0.1, 0.15) is 0 Å². The van der Waals surface area contributed by atoms with E-state index in [2.05, 4.69) is 0 Å². The van der Waals surface area contributed by atoms with E-state index in [9.17, 15) is 4.79 Å². The first-order valence-corrected chi connectivity index (χ1v) is 3.48. The largest absolute Gasteiger partial charge is 0.464 e. The van der Waals surface area contributed by atoms with Crippen LogP contribution >= 0.6 is 24.2 Å². The van der Waals surface area contributed by atoms with Crippen molar-refractivity contribution >= 4 is 30.3 Å². The van der Waals surface area contributed by atoms with Crippen molar-refractivity contribution in [2.45, 2.75) is 26.8 Å². The lowest BCUT2D eigenvalue weighted by molar-refractivity contribution is 0.156. The van der Waals surface area contributed by atoms with E-state index in [1.54, 1.807) is 6.92 Å². The van der Waals surface area contributed by atoms with Gasteiger partial charge in [0, 0.05) is 11.8 Å². The van der Waals surface area contributed by atoms with Gasteiger partial charge in [-0.2, -0.15) is 0 Å². The number of amides is 1. The molecule has 0 saturated heterocycles. The highest BCUT2D eigenvalue weighted by atomic mass is 35.5. The summed E-state index contributed by atoms with van der Waals surface area (Å²) in [5.41, 5.74) is 0. The quantitative estimate of drug-likeness (QED) is 0.699. The van der Waals surface area contributed by atoms with Crippen LogP contribution in [0.4, 0.5) is 4.79 Å². The normalized spacial score (nSPS) is 12.1. The average molecular weight is 202 g/mol. The zero-order valence-corrected chi connectivity index (χ0v) is 8.32. The lowest BCUT2D eigenvalue weighted by Gasteiger charge is -2.21. The van der Waals surface area contributed by atoms with Gasteiger partial charge < -0.3 is 5.11 Å². The second-order valence-corrected chi connectivity index (χ2v) is 2.94. The summed E-state index contributed by atoms with van der Waals surface area (Å²) < 4.78 is 0.796. The molecule has 5 heteroatoms. The third-order valence-electron chi connectivity index (χ3n) is 1.51. The van der Waals surface area contributed by atoms with Gasteiger partial charge in [-0.15, -0.1) is 12.4 Å². The molecule has 0 radical (unpaired) electrons. The van der Waals surface area contributed by atoms with Gasteiger partial charge in [0.05, 0.1) is 6.04 Å². The average Bonchev–Trinajstić information content (AvgIpc) is 1.84. The van der Waals surface area contributed by atoms with E-state index in [0.29, 0.717) is 0 Å². The van der Waals surface area contributed by atoms with Crippen molar-refractivity contribution < 1.29 is 9.90 Å². The second-order valence-electron chi connectivity index (χ2n) is 2.58. The van der Waals surface area contributed by atoms with Crippen LogP contribution in [0.2, 0.25) is 0 Å². The summed E-state index contributed by atoms with van der Waals surface area (Å²) in [7, 11) is 0. The molecule has 1 amide bonds. The minimum Gasteiger partial charge on any atom is -0.464 e. The molecule has 0 saturated carbocycles. The zero-order valence-electron chi connectivity index (χ0n) is 6.74. The molecule has 11 heavy (non-hydrogen) atoms.